The second-order valence-corrected chi connectivity index (χ2v) is 4.46. The fourth-order valence-electron chi connectivity index (χ4n) is 2.25. The third kappa shape index (κ3) is 4.02. The molecule has 0 fully saturated rings. The third-order valence-electron chi connectivity index (χ3n) is 3.21. The molecular weight excluding hydrogens is 186 g/mol. The standard InChI is InChI=1S/C12H23N3/c1-3-4-5-6-10-9-15-12(13)7-11(10)8-14-2/h10-11H,2-9H2,1H3,(H2,13,15). The maximum absolute atomic E-state index is 5.76. The van der Waals surface area contributed by atoms with Crippen LogP contribution in [0.15, 0.2) is 9.98 Å². The van der Waals surface area contributed by atoms with Crippen LogP contribution in [-0.4, -0.2) is 25.6 Å². The molecule has 0 aromatic heterocycles. The van der Waals surface area contributed by atoms with E-state index in [0.29, 0.717) is 11.8 Å². The minimum Gasteiger partial charge on any atom is -0.387 e. The van der Waals surface area contributed by atoms with E-state index in [1.807, 2.05) is 0 Å². The number of amidine groups is 1. The molecule has 1 aliphatic rings. The molecule has 0 aromatic rings. The maximum atomic E-state index is 5.76. The topological polar surface area (TPSA) is 50.7 Å². The lowest BCUT2D eigenvalue weighted by Gasteiger charge is -2.28. The Morgan fingerprint density at radius 3 is 2.93 bits per heavy atom. The molecule has 2 atom stereocenters. The highest BCUT2D eigenvalue weighted by Gasteiger charge is 2.24. The number of hydrogen-bond acceptors (Lipinski definition) is 3. The lowest BCUT2D eigenvalue weighted by Crippen LogP contribution is -2.32. The van der Waals surface area contributed by atoms with Crippen LogP contribution in [0.1, 0.15) is 39.0 Å². The molecule has 0 aromatic carbocycles. The Labute approximate surface area is 92.9 Å². The largest absolute Gasteiger partial charge is 0.387 e. The van der Waals surface area contributed by atoms with E-state index in [4.69, 9.17) is 5.73 Å². The quantitative estimate of drug-likeness (QED) is 0.529. The molecule has 0 spiro atoms. The lowest BCUT2D eigenvalue weighted by molar-refractivity contribution is 0.314. The molecule has 0 saturated carbocycles. The summed E-state index contributed by atoms with van der Waals surface area (Å²) >= 11 is 0. The molecular formula is C12H23N3. The molecule has 1 heterocycles. The van der Waals surface area contributed by atoms with Crippen LogP contribution in [0.2, 0.25) is 0 Å². The zero-order chi connectivity index (χ0) is 11.1. The normalized spacial score (nSPS) is 26.1. The second-order valence-electron chi connectivity index (χ2n) is 4.46. The third-order valence-corrected chi connectivity index (χ3v) is 3.21. The van der Waals surface area contributed by atoms with Crippen molar-refractivity contribution in [1.82, 2.24) is 0 Å². The van der Waals surface area contributed by atoms with Crippen molar-refractivity contribution in [3.05, 3.63) is 0 Å². The molecule has 0 bridgehead atoms. The molecule has 15 heavy (non-hydrogen) atoms. The van der Waals surface area contributed by atoms with Gasteiger partial charge in [0.05, 0.1) is 5.84 Å². The van der Waals surface area contributed by atoms with Crippen molar-refractivity contribution in [3.63, 3.8) is 0 Å². The van der Waals surface area contributed by atoms with Crippen molar-refractivity contribution in [2.45, 2.75) is 39.0 Å². The van der Waals surface area contributed by atoms with Crippen LogP contribution >= 0.6 is 0 Å². The molecule has 3 heteroatoms. The van der Waals surface area contributed by atoms with Gasteiger partial charge >= 0.3 is 0 Å². The van der Waals surface area contributed by atoms with Gasteiger partial charge in [-0.2, -0.15) is 0 Å². The molecule has 2 unspecified atom stereocenters. The van der Waals surface area contributed by atoms with Crippen LogP contribution in [0, 0.1) is 11.8 Å². The highest BCUT2D eigenvalue weighted by atomic mass is 14.9. The number of aliphatic imine (C=N–C) groups is 2. The number of rotatable bonds is 6. The van der Waals surface area contributed by atoms with Gasteiger partial charge in [-0.25, -0.2) is 0 Å². The summed E-state index contributed by atoms with van der Waals surface area (Å²) in [5.41, 5.74) is 5.76. The van der Waals surface area contributed by atoms with Gasteiger partial charge in [-0.3, -0.25) is 4.99 Å². The molecule has 0 saturated heterocycles. The van der Waals surface area contributed by atoms with E-state index in [9.17, 15) is 0 Å². The average Bonchev–Trinajstić information content (AvgIpc) is 2.22. The Hall–Kier alpha value is -0.860. The van der Waals surface area contributed by atoms with Crippen LogP contribution in [0.5, 0.6) is 0 Å². The summed E-state index contributed by atoms with van der Waals surface area (Å²) < 4.78 is 0. The van der Waals surface area contributed by atoms with Crippen LogP contribution in [0.25, 0.3) is 0 Å². The summed E-state index contributed by atoms with van der Waals surface area (Å²) in [6, 6.07) is 0. The first-order chi connectivity index (χ1) is 7.27. The Morgan fingerprint density at radius 1 is 1.47 bits per heavy atom. The predicted octanol–water partition coefficient (Wildman–Crippen LogP) is 2.26. The van der Waals surface area contributed by atoms with Gasteiger partial charge in [-0.15, -0.1) is 0 Å². The lowest BCUT2D eigenvalue weighted by atomic mass is 9.83. The van der Waals surface area contributed by atoms with E-state index >= 15 is 0 Å². The minimum absolute atomic E-state index is 0.580. The summed E-state index contributed by atoms with van der Waals surface area (Å²) in [5, 5.41) is 0. The first-order valence-corrected chi connectivity index (χ1v) is 5.99. The van der Waals surface area contributed by atoms with E-state index < -0.39 is 0 Å². The Kier molecular flexibility index (Phi) is 5.37. The SMILES string of the molecule is C=NCC1CC(N)=NCC1CCCCC. The first kappa shape index (κ1) is 12.2. The van der Waals surface area contributed by atoms with Crippen molar-refractivity contribution < 1.29 is 0 Å². The molecule has 86 valence electrons. The van der Waals surface area contributed by atoms with Crippen molar-refractivity contribution in [2.75, 3.05) is 13.1 Å². The molecule has 1 aliphatic heterocycles. The van der Waals surface area contributed by atoms with Crippen LogP contribution in [-0.2, 0) is 0 Å². The zero-order valence-electron chi connectivity index (χ0n) is 9.78. The van der Waals surface area contributed by atoms with Crippen LogP contribution < -0.4 is 5.73 Å². The molecule has 0 radical (unpaired) electrons. The van der Waals surface area contributed by atoms with Gasteiger partial charge in [0.2, 0.25) is 0 Å². The smallest absolute Gasteiger partial charge is 0.0940 e. The maximum Gasteiger partial charge on any atom is 0.0940 e. The van der Waals surface area contributed by atoms with Crippen molar-refractivity contribution in [1.29, 1.82) is 0 Å². The number of nitrogens with zero attached hydrogens (tertiary/aromatic N) is 2. The van der Waals surface area contributed by atoms with E-state index in [2.05, 4.69) is 23.6 Å². The Bertz CT molecular complexity index is 223. The molecule has 3 nitrogen and oxygen atoms in total. The van der Waals surface area contributed by atoms with E-state index in [1.165, 1.54) is 25.7 Å². The Balaban J connectivity index is 2.41. The van der Waals surface area contributed by atoms with Gasteiger partial charge in [-0.1, -0.05) is 26.2 Å². The van der Waals surface area contributed by atoms with Gasteiger partial charge < -0.3 is 10.7 Å². The first-order valence-electron chi connectivity index (χ1n) is 5.99. The molecule has 0 aliphatic carbocycles. The summed E-state index contributed by atoms with van der Waals surface area (Å²) in [6.07, 6.45) is 6.09. The zero-order valence-corrected chi connectivity index (χ0v) is 9.78. The Morgan fingerprint density at radius 2 is 2.27 bits per heavy atom. The monoisotopic (exact) mass is 209 g/mol. The van der Waals surface area contributed by atoms with E-state index in [-0.39, 0.29) is 0 Å². The van der Waals surface area contributed by atoms with Gasteiger partial charge in [0.25, 0.3) is 0 Å². The summed E-state index contributed by atoms with van der Waals surface area (Å²) in [4.78, 5) is 8.37. The second kappa shape index (κ2) is 6.59. The van der Waals surface area contributed by atoms with Gasteiger partial charge in [0.15, 0.2) is 0 Å². The summed E-state index contributed by atoms with van der Waals surface area (Å²) in [7, 11) is 0. The van der Waals surface area contributed by atoms with Crippen molar-refractivity contribution >= 4 is 12.6 Å². The van der Waals surface area contributed by atoms with Crippen molar-refractivity contribution in [2.24, 2.45) is 27.6 Å². The highest BCUT2D eigenvalue weighted by Crippen LogP contribution is 2.26. The van der Waals surface area contributed by atoms with Gasteiger partial charge in [0, 0.05) is 19.5 Å². The van der Waals surface area contributed by atoms with Crippen molar-refractivity contribution in [3.8, 4) is 0 Å². The number of nitrogens with two attached hydrogens (primary N) is 1. The fourth-order valence-corrected chi connectivity index (χ4v) is 2.25. The van der Waals surface area contributed by atoms with E-state index in [1.54, 1.807) is 0 Å². The van der Waals surface area contributed by atoms with Gasteiger partial charge in [-0.05, 0) is 25.0 Å². The van der Waals surface area contributed by atoms with E-state index in [0.717, 1.165) is 25.3 Å². The number of hydrogen-bond donors (Lipinski definition) is 1. The van der Waals surface area contributed by atoms with Gasteiger partial charge in [0.1, 0.15) is 0 Å². The van der Waals surface area contributed by atoms with Crippen LogP contribution in [0.3, 0.4) is 0 Å². The fraction of sp³-hybridized carbons (Fsp3) is 0.833. The minimum atomic E-state index is 0.580. The summed E-state index contributed by atoms with van der Waals surface area (Å²) in [6.45, 7) is 7.55. The molecule has 2 N–H and O–H groups in total. The highest BCUT2D eigenvalue weighted by molar-refractivity contribution is 5.81. The summed E-state index contributed by atoms with van der Waals surface area (Å²) in [5.74, 6) is 2.06. The van der Waals surface area contributed by atoms with Crippen LogP contribution in [0.4, 0.5) is 0 Å². The molecule has 0 amide bonds. The predicted molar refractivity (Wildman–Crippen MR) is 66.6 cm³/mol. The average molecular weight is 209 g/mol. The molecule has 1 rings (SSSR count). The number of unbranched alkanes of at least 4 members (excludes halogenated alkanes) is 2.